The lowest BCUT2D eigenvalue weighted by molar-refractivity contribution is 0.0926. The summed E-state index contributed by atoms with van der Waals surface area (Å²) in [5.41, 5.74) is 1.48. The quantitative estimate of drug-likeness (QED) is 0.486. The average Bonchev–Trinajstić information content (AvgIpc) is 2.82. The summed E-state index contributed by atoms with van der Waals surface area (Å²) in [6, 6.07) is 6.87. The predicted molar refractivity (Wildman–Crippen MR) is 133 cm³/mol. The van der Waals surface area contributed by atoms with Crippen LogP contribution in [0.15, 0.2) is 35.2 Å². The first-order chi connectivity index (χ1) is 16.6. The van der Waals surface area contributed by atoms with Crippen LogP contribution >= 0.6 is 11.6 Å². The average molecular weight is 524 g/mol. The normalized spacial score (nSPS) is 15.9. The third-order valence-electron chi connectivity index (χ3n) is 5.88. The summed E-state index contributed by atoms with van der Waals surface area (Å²) >= 11 is 6.07. The van der Waals surface area contributed by atoms with Gasteiger partial charge in [0, 0.05) is 29.1 Å². The van der Waals surface area contributed by atoms with Crippen molar-refractivity contribution in [1.82, 2.24) is 15.4 Å². The highest BCUT2D eigenvalue weighted by atomic mass is 35.5. The first-order valence-corrected chi connectivity index (χ1v) is 13.2. The van der Waals surface area contributed by atoms with E-state index in [1.165, 1.54) is 13.2 Å². The number of urea groups is 1. The van der Waals surface area contributed by atoms with Gasteiger partial charge in [-0.3, -0.25) is 4.79 Å². The second-order valence-corrected chi connectivity index (χ2v) is 10.3. The van der Waals surface area contributed by atoms with Crippen molar-refractivity contribution < 1.29 is 27.5 Å². The number of nitrogens with one attached hydrogen (secondary N) is 3. The zero-order valence-corrected chi connectivity index (χ0v) is 21.7. The molecule has 2 aromatic rings. The van der Waals surface area contributed by atoms with Gasteiger partial charge in [-0.25, -0.2) is 17.9 Å². The van der Waals surface area contributed by atoms with Gasteiger partial charge in [-0.05, 0) is 62.6 Å². The summed E-state index contributed by atoms with van der Waals surface area (Å²) in [5.74, 6) is 0.374. The number of hydrogen-bond donors (Lipinski definition) is 3. The molecular weight excluding hydrogens is 494 g/mol. The van der Waals surface area contributed by atoms with Gasteiger partial charge in [-0.15, -0.1) is 0 Å². The lowest BCUT2D eigenvalue weighted by Crippen LogP contribution is -2.40. The molecule has 0 radical (unpaired) electrons. The smallest absolute Gasteiger partial charge is 0.328 e. The van der Waals surface area contributed by atoms with Crippen LogP contribution in [0.4, 0.5) is 4.79 Å². The minimum Gasteiger partial charge on any atom is -0.496 e. The maximum Gasteiger partial charge on any atom is 0.328 e. The predicted octanol–water partition coefficient (Wildman–Crippen LogP) is 3.60. The molecule has 3 rings (SSSR count). The Labute approximate surface area is 210 Å². The van der Waals surface area contributed by atoms with Crippen molar-refractivity contribution in [1.29, 1.82) is 0 Å². The first-order valence-electron chi connectivity index (χ1n) is 11.4. The van der Waals surface area contributed by atoms with Crippen molar-refractivity contribution >= 4 is 33.6 Å². The molecular formula is C24H30ClN3O6S. The monoisotopic (exact) mass is 523 g/mol. The van der Waals surface area contributed by atoms with E-state index in [9.17, 15) is 18.0 Å². The topological polar surface area (TPSA) is 123 Å². The van der Waals surface area contributed by atoms with E-state index in [1.54, 1.807) is 31.2 Å². The van der Waals surface area contributed by atoms with E-state index in [-0.39, 0.29) is 29.3 Å². The Kier molecular flexibility index (Phi) is 8.50. The van der Waals surface area contributed by atoms with Gasteiger partial charge in [0.15, 0.2) is 0 Å². The maximum absolute atomic E-state index is 13.0. The van der Waals surface area contributed by atoms with Crippen LogP contribution < -0.4 is 24.8 Å². The van der Waals surface area contributed by atoms with E-state index in [1.807, 2.05) is 13.8 Å². The molecule has 2 atom stereocenters. The molecule has 3 N–H and O–H groups in total. The van der Waals surface area contributed by atoms with E-state index >= 15 is 0 Å². The number of amides is 3. The molecule has 3 amide bonds. The molecule has 2 unspecified atom stereocenters. The first kappa shape index (κ1) is 26.6. The van der Waals surface area contributed by atoms with Crippen molar-refractivity contribution in [2.24, 2.45) is 0 Å². The number of fused-ring (bicyclic) bond motifs is 1. The summed E-state index contributed by atoms with van der Waals surface area (Å²) in [5, 5.41) is 5.81. The number of hydrogen-bond acceptors (Lipinski definition) is 6. The van der Waals surface area contributed by atoms with Crippen LogP contribution in [0, 0.1) is 0 Å². The summed E-state index contributed by atoms with van der Waals surface area (Å²) < 4.78 is 39.2. The number of sulfonamides is 1. The number of carbonyl (C=O) groups excluding carboxylic acids is 2. The second-order valence-electron chi connectivity index (χ2n) is 8.17. The molecule has 0 spiro atoms. The Morgan fingerprint density at radius 3 is 2.63 bits per heavy atom. The van der Waals surface area contributed by atoms with Gasteiger partial charge in [0.25, 0.3) is 15.9 Å². The molecule has 0 saturated carbocycles. The van der Waals surface area contributed by atoms with E-state index < -0.39 is 16.1 Å². The Bertz CT molecular complexity index is 1220. The lowest BCUT2D eigenvalue weighted by atomic mass is 9.86. The van der Waals surface area contributed by atoms with Crippen molar-refractivity contribution in [3.63, 3.8) is 0 Å². The van der Waals surface area contributed by atoms with E-state index in [0.717, 1.165) is 0 Å². The van der Waals surface area contributed by atoms with Crippen LogP contribution in [0.5, 0.6) is 11.5 Å². The third-order valence-corrected chi connectivity index (χ3v) is 7.53. The fourth-order valence-electron chi connectivity index (χ4n) is 4.15. The Hall–Kier alpha value is -2.98. The molecule has 0 saturated heterocycles. The Morgan fingerprint density at radius 1 is 1.23 bits per heavy atom. The molecule has 11 heteroatoms. The molecule has 0 aromatic heterocycles. The van der Waals surface area contributed by atoms with Crippen LogP contribution in [0.2, 0.25) is 5.02 Å². The standard InChI is InChI=1S/C24H30ClN3O6S/c1-5-15-11-21-18(13-22(15)35(31,32)28-24(30)26-6-2)17(9-10-34-21)14(3)27-23(29)19-12-16(25)7-8-20(19)33-4/h7-8,11-14,17H,5-6,9-10H2,1-4H3,(H,27,29)(H2,26,28,30). The highest BCUT2D eigenvalue weighted by Crippen LogP contribution is 2.39. The van der Waals surface area contributed by atoms with Crippen LogP contribution in [0.1, 0.15) is 54.6 Å². The Balaban J connectivity index is 1.94. The zero-order chi connectivity index (χ0) is 25.8. The molecule has 0 fully saturated rings. The summed E-state index contributed by atoms with van der Waals surface area (Å²) in [4.78, 5) is 25.0. The third kappa shape index (κ3) is 5.99. The number of benzene rings is 2. The lowest BCUT2D eigenvalue weighted by Gasteiger charge is -2.32. The molecule has 190 valence electrons. The van der Waals surface area contributed by atoms with E-state index in [2.05, 4.69) is 15.4 Å². The zero-order valence-electron chi connectivity index (χ0n) is 20.1. The van der Waals surface area contributed by atoms with Crippen molar-refractivity contribution in [3.8, 4) is 11.5 Å². The SMILES string of the molecule is CCNC(=O)NS(=O)(=O)c1cc2c(cc1CC)OCCC2C(C)NC(=O)c1cc(Cl)ccc1OC. The summed E-state index contributed by atoms with van der Waals surface area (Å²) in [7, 11) is -2.65. The van der Waals surface area contributed by atoms with Crippen molar-refractivity contribution in [2.45, 2.75) is 50.5 Å². The maximum atomic E-state index is 13.0. The fourth-order valence-corrected chi connectivity index (χ4v) is 5.57. The number of methoxy groups -OCH3 is 1. The van der Waals surface area contributed by atoms with Crippen LogP contribution in [0.3, 0.4) is 0 Å². The van der Waals surface area contributed by atoms with Crippen LogP contribution in [-0.2, 0) is 16.4 Å². The molecule has 1 aliphatic heterocycles. The van der Waals surface area contributed by atoms with Gasteiger partial charge >= 0.3 is 6.03 Å². The molecule has 0 aliphatic carbocycles. The highest BCUT2D eigenvalue weighted by molar-refractivity contribution is 7.90. The number of aryl methyl sites for hydroxylation is 1. The van der Waals surface area contributed by atoms with Gasteiger partial charge in [-0.1, -0.05) is 18.5 Å². The highest BCUT2D eigenvalue weighted by Gasteiger charge is 2.32. The van der Waals surface area contributed by atoms with Crippen molar-refractivity contribution in [2.75, 3.05) is 20.3 Å². The fraction of sp³-hybridized carbons (Fsp3) is 0.417. The molecule has 9 nitrogen and oxygen atoms in total. The van der Waals surface area contributed by atoms with Gasteiger partial charge < -0.3 is 20.1 Å². The van der Waals surface area contributed by atoms with Gasteiger partial charge in [0.1, 0.15) is 11.5 Å². The molecule has 1 heterocycles. The largest absolute Gasteiger partial charge is 0.496 e. The van der Waals surface area contributed by atoms with Crippen LogP contribution in [0.25, 0.3) is 0 Å². The molecule has 2 aromatic carbocycles. The number of halogens is 1. The molecule has 1 aliphatic rings. The molecule has 35 heavy (non-hydrogen) atoms. The minimum absolute atomic E-state index is 0.00976. The summed E-state index contributed by atoms with van der Waals surface area (Å²) in [6.07, 6.45) is 0.990. The van der Waals surface area contributed by atoms with Gasteiger partial charge in [-0.2, -0.15) is 0 Å². The minimum atomic E-state index is -4.12. The Morgan fingerprint density at radius 2 is 1.97 bits per heavy atom. The van der Waals surface area contributed by atoms with E-state index in [0.29, 0.717) is 52.7 Å². The number of carbonyl (C=O) groups is 2. The van der Waals surface area contributed by atoms with Gasteiger partial charge in [0.2, 0.25) is 0 Å². The molecule has 0 bridgehead atoms. The number of ether oxygens (including phenoxy) is 2. The summed E-state index contributed by atoms with van der Waals surface area (Å²) in [6.45, 7) is 6.08. The second kappa shape index (κ2) is 11.2. The van der Waals surface area contributed by atoms with Gasteiger partial charge in [0.05, 0.1) is 24.2 Å². The van der Waals surface area contributed by atoms with Crippen LogP contribution in [-0.4, -0.2) is 46.7 Å². The number of rotatable bonds is 8. The van der Waals surface area contributed by atoms with E-state index in [4.69, 9.17) is 21.1 Å². The van der Waals surface area contributed by atoms with Crippen molar-refractivity contribution in [3.05, 3.63) is 52.0 Å².